The number of benzene rings is 1. The summed E-state index contributed by atoms with van der Waals surface area (Å²) in [7, 11) is 0. The smallest absolute Gasteiger partial charge is 0.425 e. The number of alkyl halides is 3. The number of nitrogens with one attached hydrogen (secondary N) is 2. The van der Waals surface area contributed by atoms with Gasteiger partial charge in [-0.15, -0.1) is 0 Å². The van der Waals surface area contributed by atoms with Crippen molar-refractivity contribution in [2.45, 2.75) is 32.7 Å². The number of aliphatic hydroxyl groups is 1. The molecular formula is C20H18Cl2F4N4O3. The van der Waals surface area contributed by atoms with Gasteiger partial charge < -0.3 is 20.9 Å². The molecular weight excluding hydrogens is 491 g/mol. The van der Waals surface area contributed by atoms with Crippen LogP contribution in [0.3, 0.4) is 0 Å². The van der Waals surface area contributed by atoms with E-state index in [9.17, 15) is 27.5 Å². The number of amides is 1. The standard InChI is InChI=1S/C20H18Cl2F4N4O3/c1-8(27)17(18(22)28)30-19(32)11-5-13(23)10(6-16(11)33-9(2)20(24,25)26)14-4-3-12(21)15(7-31)29-14/h3-6,9,28,31H,7,27H2,1-2H3,(H,30,32)/b17-8+,28-18?/t9-/m0/s1. The van der Waals surface area contributed by atoms with Gasteiger partial charge in [-0.1, -0.05) is 23.2 Å². The lowest BCUT2D eigenvalue weighted by Gasteiger charge is -2.21. The molecule has 0 aliphatic heterocycles. The van der Waals surface area contributed by atoms with E-state index in [4.69, 9.17) is 39.1 Å². The van der Waals surface area contributed by atoms with Gasteiger partial charge in [-0.05, 0) is 38.1 Å². The highest BCUT2D eigenvalue weighted by Gasteiger charge is 2.39. The van der Waals surface area contributed by atoms with Crippen LogP contribution < -0.4 is 15.8 Å². The van der Waals surface area contributed by atoms with Gasteiger partial charge in [0.2, 0.25) is 0 Å². The van der Waals surface area contributed by atoms with Crippen molar-refractivity contribution in [2.75, 3.05) is 0 Å². The van der Waals surface area contributed by atoms with Crippen molar-refractivity contribution in [3.05, 3.63) is 57.8 Å². The molecule has 5 N–H and O–H groups in total. The van der Waals surface area contributed by atoms with Crippen molar-refractivity contribution in [2.24, 2.45) is 5.73 Å². The minimum atomic E-state index is -4.79. The molecule has 0 aliphatic rings. The Bertz CT molecular complexity index is 1120. The van der Waals surface area contributed by atoms with Gasteiger partial charge in [-0.2, -0.15) is 13.2 Å². The van der Waals surface area contributed by atoms with Crippen molar-refractivity contribution >= 4 is 34.3 Å². The van der Waals surface area contributed by atoms with Crippen molar-refractivity contribution in [1.82, 2.24) is 10.3 Å². The molecule has 0 saturated heterocycles. The van der Waals surface area contributed by atoms with E-state index in [-0.39, 0.29) is 33.4 Å². The largest absolute Gasteiger partial charge is 0.480 e. The molecule has 1 atom stereocenters. The molecule has 0 unspecified atom stereocenters. The highest BCUT2D eigenvalue weighted by Crippen LogP contribution is 2.34. The third-order valence-corrected chi connectivity index (χ3v) is 4.81. The molecule has 0 fully saturated rings. The summed E-state index contributed by atoms with van der Waals surface area (Å²) in [6, 6.07) is 4.12. The maximum atomic E-state index is 14.9. The summed E-state index contributed by atoms with van der Waals surface area (Å²) in [5, 5.41) is 18.4. The Morgan fingerprint density at radius 2 is 2.00 bits per heavy atom. The summed E-state index contributed by atoms with van der Waals surface area (Å²) < 4.78 is 59.2. The van der Waals surface area contributed by atoms with Crippen LogP contribution in [0.2, 0.25) is 5.02 Å². The predicted octanol–water partition coefficient (Wildman–Crippen LogP) is 4.50. The predicted molar refractivity (Wildman–Crippen MR) is 115 cm³/mol. The van der Waals surface area contributed by atoms with Gasteiger partial charge in [0.05, 0.1) is 34.3 Å². The van der Waals surface area contributed by atoms with Gasteiger partial charge in [0.25, 0.3) is 5.91 Å². The SMILES string of the molecule is C/C(N)=C(\NC(=O)c1cc(F)c(-c2ccc(Cl)c(CO)n2)cc1O[C@@H](C)C(F)(F)F)C(=N)Cl. The zero-order valence-electron chi connectivity index (χ0n) is 17.1. The van der Waals surface area contributed by atoms with Crippen LogP contribution in [0.15, 0.2) is 35.7 Å². The summed E-state index contributed by atoms with van der Waals surface area (Å²) in [4.78, 5) is 16.7. The van der Waals surface area contributed by atoms with Crippen LogP contribution in [0.5, 0.6) is 5.75 Å². The molecule has 0 bridgehead atoms. The number of allylic oxidation sites excluding steroid dienone is 2. The van der Waals surface area contributed by atoms with Crippen LogP contribution in [0, 0.1) is 11.2 Å². The number of hydrogen-bond donors (Lipinski definition) is 4. The second-order valence-corrected chi connectivity index (χ2v) is 7.52. The van der Waals surface area contributed by atoms with Gasteiger partial charge in [-0.3, -0.25) is 10.2 Å². The van der Waals surface area contributed by atoms with Gasteiger partial charge in [0.1, 0.15) is 16.7 Å². The maximum absolute atomic E-state index is 14.9. The number of halogens is 6. The molecule has 0 radical (unpaired) electrons. The van der Waals surface area contributed by atoms with Crippen LogP contribution in [0.25, 0.3) is 11.3 Å². The quantitative estimate of drug-likeness (QED) is 0.324. The average molecular weight is 509 g/mol. The number of aliphatic hydroxyl groups excluding tert-OH is 1. The lowest BCUT2D eigenvalue weighted by atomic mass is 10.0. The van der Waals surface area contributed by atoms with Crippen molar-refractivity contribution in [3.63, 3.8) is 0 Å². The molecule has 2 aromatic rings. The van der Waals surface area contributed by atoms with Crippen LogP contribution in [0.4, 0.5) is 17.6 Å². The topological polar surface area (TPSA) is 121 Å². The summed E-state index contributed by atoms with van der Waals surface area (Å²) in [5.41, 5.74) is 4.20. The van der Waals surface area contributed by atoms with Crippen molar-refractivity contribution < 1.29 is 32.2 Å². The van der Waals surface area contributed by atoms with Gasteiger partial charge >= 0.3 is 6.18 Å². The second-order valence-electron chi connectivity index (χ2n) is 6.74. The Balaban J connectivity index is 2.64. The number of rotatable bonds is 7. The molecule has 13 heteroatoms. The van der Waals surface area contributed by atoms with Crippen LogP contribution in [0.1, 0.15) is 29.9 Å². The van der Waals surface area contributed by atoms with E-state index in [0.29, 0.717) is 13.0 Å². The fourth-order valence-electron chi connectivity index (χ4n) is 2.53. The average Bonchev–Trinajstić information content (AvgIpc) is 2.72. The second kappa shape index (κ2) is 10.4. The highest BCUT2D eigenvalue weighted by molar-refractivity contribution is 6.68. The number of carbonyl (C=O) groups excluding carboxylic acids is 1. The summed E-state index contributed by atoms with van der Waals surface area (Å²) in [6.45, 7) is 1.46. The first kappa shape index (κ1) is 26.4. The van der Waals surface area contributed by atoms with E-state index in [0.717, 1.165) is 6.07 Å². The van der Waals surface area contributed by atoms with E-state index in [2.05, 4.69) is 10.3 Å². The number of pyridine rings is 1. The molecule has 33 heavy (non-hydrogen) atoms. The summed E-state index contributed by atoms with van der Waals surface area (Å²) in [5.74, 6) is -2.76. The number of ether oxygens (including phenoxy) is 1. The molecule has 1 amide bonds. The first-order valence-electron chi connectivity index (χ1n) is 9.11. The highest BCUT2D eigenvalue weighted by atomic mass is 35.5. The minimum absolute atomic E-state index is 0.00957. The fraction of sp³-hybridized carbons (Fsp3) is 0.250. The zero-order chi connectivity index (χ0) is 25.1. The number of nitrogens with zero attached hydrogens (tertiary/aromatic N) is 1. The Hall–Kier alpha value is -2.89. The number of hydrogen-bond acceptors (Lipinski definition) is 6. The Labute approximate surface area is 195 Å². The first-order valence-corrected chi connectivity index (χ1v) is 9.87. The first-order chi connectivity index (χ1) is 15.3. The normalized spacial score (nSPS) is 13.2. The van der Waals surface area contributed by atoms with E-state index >= 15 is 0 Å². The maximum Gasteiger partial charge on any atom is 0.425 e. The van der Waals surface area contributed by atoms with Crippen molar-refractivity contribution in [1.29, 1.82) is 5.41 Å². The Morgan fingerprint density at radius 1 is 1.36 bits per heavy atom. The zero-order valence-corrected chi connectivity index (χ0v) is 18.7. The van der Waals surface area contributed by atoms with Crippen LogP contribution >= 0.6 is 23.2 Å². The molecule has 0 spiro atoms. The van der Waals surface area contributed by atoms with Gasteiger partial charge in [-0.25, -0.2) is 9.37 Å². The third kappa shape index (κ3) is 6.34. The monoisotopic (exact) mass is 508 g/mol. The number of nitrogens with two attached hydrogens (primary N) is 1. The van der Waals surface area contributed by atoms with E-state index in [1.54, 1.807) is 0 Å². The molecule has 1 aromatic heterocycles. The molecule has 0 aliphatic carbocycles. The molecule has 1 heterocycles. The van der Waals surface area contributed by atoms with Crippen molar-refractivity contribution in [3.8, 4) is 17.0 Å². The molecule has 1 aromatic carbocycles. The summed E-state index contributed by atoms with van der Waals surface area (Å²) >= 11 is 11.4. The molecule has 178 valence electrons. The third-order valence-electron chi connectivity index (χ3n) is 4.28. The van der Waals surface area contributed by atoms with Crippen LogP contribution in [-0.4, -0.2) is 33.4 Å². The molecule has 2 rings (SSSR count). The van der Waals surface area contributed by atoms with Gasteiger partial charge in [0, 0.05) is 11.3 Å². The number of aromatic nitrogens is 1. The number of carbonyl (C=O) groups is 1. The molecule has 7 nitrogen and oxygen atoms in total. The lowest BCUT2D eigenvalue weighted by molar-refractivity contribution is -0.189. The fourth-order valence-corrected chi connectivity index (χ4v) is 2.90. The summed E-state index contributed by atoms with van der Waals surface area (Å²) in [6.07, 6.45) is -7.15. The Morgan fingerprint density at radius 3 is 2.52 bits per heavy atom. The van der Waals surface area contributed by atoms with Crippen LogP contribution in [-0.2, 0) is 6.61 Å². The minimum Gasteiger partial charge on any atom is -0.480 e. The van der Waals surface area contributed by atoms with E-state index < -0.39 is 47.1 Å². The molecule has 0 saturated carbocycles. The van der Waals surface area contributed by atoms with Gasteiger partial charge in [0.15, 0.2) is 6.10 Å². The van der Waals surface area contributed by atoms with E-state index in [1.165, 1.54) is 19.1 Å². The lowest BCUT2D eigenvalue weighted by Crippen LogP contribution is -2.33. The van der Waals surface area contributed by atoms with E-state index in [1.807, 2.05) is 0 Å². The Kier molecular flexibility index (Phi) is 8.28.